The number of carbonyl (C=O) groups excluding carboxylic acids is 2. The fraction of sp³-hybridized carbons (Fsp3) is 0.409. The molecule has 1 amide bonds. The zero-order valence-electron chi connectivity index (χ0n) is 16.8. The molecule has 7 heteroatoms. The summed E-state index contributed by atoms with van der Waals surface area (Å²) in [5, 5.41) is 2.01. The van der Waals surface area contributed by atoms with Crippen LogP contribution >= 0.6 is 11.3 Å². The molecule has 1 saturated heterocycles. The summed E-state index contributed by atoms with van der Waals surface area (Å²) in [6.07, 6.45) is 4.70. The molecule has 1 aliphatic heterocycles. The molecule has 3 aromatic rings. The second kappa shape index (κ2) is 8.37. The molecule has 0 atom stereocenters. The number of aryl methyl sites for hydroxylation is 1. The Morgan fingerprint density at radius 3 is 2.59 bits per heavy atom. The Morgan fingerprint density at radius 1 is 1.21 bits per heavy atom. The van der Waals surface area contributed by atoms with Crippen LogP contribution in [0.3, 0.4) is 0 Å². The van der Waals surface area contributed by atoms with Crippen molar-refractivity contribution in [1.29, 1.82) is 0 Å². The van der Waals surface area contributed by atoms with Crippen LogP contribution in [0.2, 0.25) is 0 Å². The normalized spacial score (nSPS) is 15.0. The maximum Gasteiger partial charge on any atom is 0.308 e. The first kappa shape index (κ1) is 19.6. The summed E-state index contributed by atoms with van der Waals surface area (Å²) in [5.41, 5.74) is 4.26. The Morgan fingerprint density at radius 2 is 1.93 bits per heavy atom. The molecule has 6 nitrogen and oxygen atoms in total. The number of imidazole rings is 1. The highest BCUT2D eigenvalue weighted by atomic mass is 32.1. The number of benzene rings is 1. The number of piperidine rings is 1. The summed E-state index contributed by atoms with van der Waals surface area (Å²) in [4.78, 5) is 31.9. The van der Waals surface area contributed by atoms with Gasteiger partial charge in [-0.15, -0.1) is 11.3 Å². The fourth-order valence-electron chi connectivity index (χ4n) is 3.80. The van der Waals surface area contributed by atoms with E-state index < -0.39 is 0 Å². The van der Waals surface area contributed by atoms with E-state index in [-0.39, 0.29) is 17.8 Å². The Labute approximate surface area is 174 Å². The van der Waals surface area contributed by atoms with E-state index in [1.165, 1.54) is 12.7 Å². The van der Waals surface area contributed by atoms with Crippen molar-refractivity contribution in [1.82, 2.24) is 14.3 Å². The molecule has 152 valence electrons. The Hall–Kier alpha value is -2.67. The van der Waals surface area contributed by atoms with Crippen molar-refractivity contribution >= 4 is 28.2 Å². The van der Waals surface area contributed by atoms with Gasteiger partial charge < -0.3 is 9.64 Å². The van der Waals surface area contributed by atoms with Crippen molar-refractivity contribution < 1.29 is 14.3 Å². The number of fused-ring (bicyclic) bond motifs is 1. The second-order valence-electron chi connectivity index (χ2n) is 7.41. The third-order valence-corrected chi connectivity index (χ3v) is 6.54. The van der Waals surface area contributed by atoms with Crippen LogP contribution in [-0.2, 0) is 27.2 Å². The number of hydrogen-bond donors (Lipinski definition) is 0. The van der Waals surface area contributed by atoms with Crippen LogP contribution in [0.1, 0.15) is 31.0 Å². The third kappa shape index (κ3) is 4.05. The first-order chi connectivity index (χ1) is 14.1. The minimum Gasteiger partial charge on any atom is -0.469 e. The molecular formula is C22H25N3O3S. The van der Waals surface area contributed by atoms with Gasteiger partial charge in [-0.3, -0.25) is 14.0 Å². The van der Waals surface area contributed by atoms with E-state index in [0.717, 1.165) is 28.3 Å². The van der Waals surface area contributed by atoms with Gasteiger partial charge in [0.1, 0.15) is 0 Å². The molecule has 0 N–H and O–H groups in total. The standard InChI is InChI=1S/C22H25N3O3S/c1-3-15-4-6-16(7-5-15)19-13-25-18(14-29-22(25)23-19)12-20(26)24-10-8-17(9-11-24)21(27)28-2/h4-7,13-14,17H,3,8-12H2,1-2H3. The number of ether oxygens (including phenoxy) is 1. The predicted molar refractivity (Wildman–Crippen MR) is 113 cm³/mol. The van der Waals surface area contributed by atoms with E-state index in [1.54, 1.807) is 11.3 Å². The molecule has 3 heterocycles. The summed E-state index contributed by atoms with van der Waals surface area (Å²) in [7, 11) is 1.42. The SMILES string of the molecule is CCc1ccc(-c2cn3c(CC(=O)N4CCC(C(=O)OC)CC4)csc3n2)cc1. The lowest BCUT2D eigenvalue weighted by Gasteiger charge is -2.30. The number of esters is 1. The Bertz CT molecular complexity index is 1010. The van der Waals surface area contributed by atoms with Crippen molar-refractivity contribution in [2.45, 2.75) is 32.6 Å². The van der Waals surface area contributed by atoms with E-state index in [0.29, 0.717) is 32.4 Å². The van der Waals surface area contributed by atoms with Crippen LogP contribution < -0.4 is 0 Å². The molecule has 0 unspecified atom stereocenters. The second-order valence-corrected chi connectivity index (χ2v) is 8.25. The van der Waals surface area contributed by atoms with Crippen LogP contribution in [0.15, 0.2) is 35.8 Å². The lowest BCUT2D eigenvalue weighted by molar-refractivity contribution is -0.148. The first-order valence-corrected chi connectivity index (χ1v) is 10.9. The maximum absolute atomic E-state index is 12.8. The number of thiazole rings is 1. The number of hydrogen-bond acceptors (Lipinski definition) is 5. The minimum atomic E-state index is -0.172. The summed E-state index contributed by atoms with van der Waals surface area (Å²) in [6.45, 7) is 3.35. The quantitative estimate of drug-likeness (QED) is 0.602. The smallest absolute Gasteiger partial charge is 0.308 e. The van der Waals surface area contributed by atoms with Crippen LogP contribution in [0.4, 0.5) is 0 Å². The van der Waals surface area contributed by atoms with Crippen molar-refractivity contribution in [2.75, 3.05) is 20.2 Å². The molecule has 29 heavy (non-hydrogen) atoms. The van der Waals surface area contributed by atoms with Gasteiger partial charge in [0.05, 0.1) is 25.1 Å². The van der Waals surface area contributed by atoms with E-state index in [9.17, 15) is 9.59 Å². The summed E-state index contributed by atoms with van der Waals surface area (Å²) >= 11 is 1.55. The molecule has 0 aliphatic carbocycles. The van der Waals surface area contributed by atoms with Crippen molar-refractivity contribution in [3.63, 3.8) is 0 Å². The largest absolute Gasteiger partial charge is 0.469 e. The number of amides is 1. The highest BCUT2D eigenvalue weighted by Crippen LogP contribution is 2.25. The molecule has 4 rings (SSSR count). The van der Waals surface area contributed by atoms with E-state index in [4.69, 9.17) is 9.72 Å². The van der Waals surface area contributed by atoms with Crippen molar-refractivity contribution in [2.24, 2.45) is 5.92 Å². The van der Waals surface area contributed by atoms with Gasteiger partial charge in [-0.05, 0) is 24.8 Å². The summed E-state index contributed by atoms with van der Waals surface area (Å²) < 4.78 is 6.84. The lowest BCUT2D eigenvalue weighted by atomic mass is 9.97. The molecule has 2 aromatic heterocycles. The summed E-state index contributed by atoms with van der Waals surface area (Å²) in [5.74, 6) is -0.169. The highest BCUT2D eigenvalue weighted by molar-refractivity contribution is 7.15. The van der Waals surface area contributed by atoms with E-state index >= 15 is 0 Å². The van der Waals surface area contributed by atoms with Gasteiger partial charge in [-0.2, -0.15) is 0 Å². The van der Waals surface area contributed by atoms with Gasteiger partial charge in [0.25, 0.3) is 0 Å². The zero-order valence-corrected chi connectivity index (χ0v) is 17.6. The van der Waals surface area contributed by atoms with Crippen molar-refractivity contribution in [3.8, 4) is 11.3 Å². The molecular weight excluding hydrogens is 386 g/mol. The average Bonchev–Trinajstić information content (AvgIpc) is 3.35. The maximum atomic E-state index is 12.8. The number of nitrogens with zero attached hydrogens (tertiary/aromatic N) is 3. The van der Waals surface area contributed by atoms with Gasteiger partial charge >= 0.3 is 5.97 Å². The van der Waals surface area contributed by atoms with Crippen LogP contribution in [0.5, 0.6) is 0 Å². The van der Waals surface area contributed by atoms with E-state index in [1.807, 2.05) is 20.9 Å². The van der Waals surface area contributed by atoms with Gasteiger partial charge in [0.2, 0.25) is 5.91 Å². The molecule has 0 radical (unpaired) electrons. The molecule has 1 fully saturated rings. The van der Waals surface area contributed by atoms with Gasteiger partial charge in [0.15, 0.2) is 4.96 Å². The molecule has 0 saturated carbocycles. The number of carbonyl (C=O) groups is 2. The van der Waals surface area contributed by atoms with Gasteiger partial charge in [-0.25, -0.2) is 4.98 Å². The number of rotatable bonds is 5. The molecule has 0 spiro atoms. The first-order valence-electron chi connectivity index (χ1n) is 9.99. The molecule has 0 bridgehead atoms. The highest BCUT2D eigenvalue weighted by Gasteiger charge is 2.28. The van der Waals surface area contributed by atoms with Crippen molar-refractivity contribution in [3.05, 3.63) is 47.1 Å². The van der Waals surface area contributed by atoms with Crippen LogP contribution in [0, 0.1) is 5.92 Å². The lowest BCUT2D eigenvalue weighted by Crippen LogP contribution is -2.41. The van der Waals surface area contributed by atoms with E-state index in [2.05, 4.69) is 31.2 Å². The molecule has 1 aliphatic rings. The fourth-order valence-corrected chi connectivity index (χ4v) is 4.68. The van der Waals surface area contributed by atoms with Gasteiger partial charge in [-0.1, -0.05) is 31.2 Å². The van der Waals surface area contributed by atoms with Gasteiger partial charge in [0, 0.05) is 35.9 Å². The number of aromatic nitrogens is 2. The monoisotopic (exact) mass is 411 g/mol. The number of likely N-dealkylation sites (tertiary alicyclic amines) is 1. The number of methoxy groups -OCH3 is 1. The average molecular weight is 412 g/mol. The zero-order chi connectivity index (χ0) is 20.4. The predicted octanol–water partition coefficient (Wildman–Crippen LogP) is 3.58. The minimum absolute atomic E-state index is 0.0905. The third-order valence-electron chi connectivity index (χ3n) is 5.66. The Balaban J connectivity index is 1.45. The van der Waals surface area contributed by atoms with Crippen LogP contribution in [-0.4, -0.2) is 46.4 Å². The summed E-state index contributed by atoms with van der Waals surface area (Å²) in [6, 6.07) is 8.46. The molecule has 1 aromatic carbocycles. The topological polar surface area (TPSA) is 63.9 Å². The van der Waals surface area contributed by atoms with Crippen LogP contribution in [0.25, 0.3) is 16.2 Å². The Kier molecular flexibility index (Phi) is 5.67.